The highest BCUT2D eigenvalue weighted by Gasteiger charge is 2.01. The summed E-state index contributed by atoms with van der Waals surface area (Å²) in [5.41, 5.74) is 1.49. The number of unbranched alkanes of at least 4 members (excludes halogenated alkanes) is 9. The molecule has 1 rings (SSSR count). The summed E-state index contributed by atoms with van der Waals surface area (Å²) < 4.78 is 2.34. The molecule has 0 radical (unpaired) electrons. The predicted octanol–water partition coefficient (Wildman–Crippen LogP) is 2.85. The summed E-state index contributed by atoms with van der Waals surface area (Å²) in [6.45, 7) is 5.73. The van der Waals surface area contributed by atoms with E-state index >= 15 is 0 Å². The molecule has 0 aliphatic heterocycles. The van der Waals surface area contributed by atoms with Crippen LogP contribution in [0.5, 0.6) is 0 Å². The van der Waals surface area contributed by atoms with Gasteiger partial charge in [0.1, 0.15) is 6.54 Å². The van der Waals surface area contributed by atoms with E-state index in [2.05, 4.69) is 42.9 Å². The third-order valence-corrected chi connectivity index (χ3v) is 4.30. The molecule has 1 aromatic heterocycles. The number of pyridine rings is 1. The summed E-state index contributed by atoms with van der Waals surface area (Å²) in [6.07, 6.45) is 21.0. The molecule has 0 spiro atoms. The Labute approximate surface area is 137 Å². The van der Waals surface area contributed by atoms with Crippen LogP contribution in [0.2, 0.25) is 0 Å². The van der Waals surface area contributed by atoms with Crippen molar-refractivity contribution in [2.24, 2.45) is 0 Å². The van der Waals surface area contributed by atoms with E-state index in [-0.39, 0.29) is 4.70 Å². The molecule has 0 amide bonds. The van der Waals surface area contributed by atoms with Gasteiger partial charge in [0, 0.05) is 18.6 Å². The summed E-state index contributed by atoms with van der Waals surface area (Å²) in [5, 5.41) is 0. The molecule has 0 fully saturated rings. The molecule has 1 heterocycles. The Kier molecular flexibility index (Phi) is 14.4. The minimum atomic E-state index is 0. The van der Waals surface area contributed by atoms with Crippen molar-refractivity contribution in [2.45, 2.75) is 97.4 Å². The van der Waals surface area contributed by atoms with Gasteiger partial charge < -0.3 is 4.70 Å². The average Bonchev–Trinajstić information content (AvgIpc) is 2.52. The number of halogens is 1. The lowest BCUT2D eigenvalue weighted by atomic mass is 10.1. The average molecular weight is 310 g/mol. The second kappa shape index (κ2) is 15.0. The molecule has 128 valence electrons. The number of nitrogens with zero attached hydrogens (tertiary/aromatic N) is 1. The van der Waals surface area contributed by atoms with Crippen molar-refractivity contribution in [1.82, 2.24) is 0 Å². The first-order valence-corrected chi connectivity index (χ1v) is 9.34. The largest absolute Gasteiger partial charge is 1.00 e. The van der Waals surface area contributed by atoms with Gasteiger partial charge in [-0.3, -0.25) is 0 Å². The maximum atomic E-state index is 2.34. The van der Waals surface area contributed by atoms with E-state index in [9.17, 15) is 0 Å². The summed E-state index contributed by atoms with van der Waals surface area (Å²) in [7, 11) is 0. The van der Waals surface area contributed by atoms with Gasteiger partial charge in [0.05, 0.1) is 0 Å². The Morgan fingerprint density at radius 1 is 0.682 bits per heavy atom. The second-order valence-corrected chi connectivity index (χ2v) is 6.38. The zero-order chi connectivity index (χ0) is 15.2. The molecule has 1 nitrogen and oxygen atoms in total. The lowest BCUT2D eigenvalue weighted by Gasteiger charge is -2.02. The van der Waals surface area contributed by atoms with Gasteiger partial charge >= 0.3 is 0 Å². The quantitative estimate of drug-likeness (QED) is 0.390. The monoisotopic (exact) mass is 309 g/mol. The summed E-state index contributed by atoms with van der Waals surface area (Å²) >= 11 is 0. The number of hydrogen-bond acceptors (Lipinski definition) is 0. The summed E-state index contributed by atoms with van der Waals surface area (Å²) in [5.74, 6) is 0. The van der Waals surface area contributed by atoms with E-state index in [1.165, 1.54) is 89.2 Å². The highest BCUT2D eigenvalue weighted by molar-refractivity contribution is 5.06. The highest BCUT2D eigenvalue weighted by Crippen LogP contribution is 2.09. The molecule has 0 saturated heterocycles. The molecule has 0 aliphatic rings. The fraction of sp³-hybridized carbons (Fsp3) is 0.750. The van der Waals surface area contributed by atoms with E-state index in [0.717, 1.165) is 0 Å². The van der Waals surface area contributed by atoms with Crippen LogP contribution in [0.25, 0.3) is 0 Å². The normalized spacial score (nSPS) is 10.5. The first kappa shape index (κ1) is 21.1. The molecular formula is C20H36FN. The lowest BCUT2D eigenvalue weighted by molar-refractivity contribution is -0.697. The van der Waals surface area contributed by atoms with Gasteiger partial charge in [-0.1, -0.05) is 65.2 Å². The smallest absolute Gasteiger partial charge is 0.169 e. The van der Waals surface area contributed by atoms with E-state index in [0.29, 0.717) is 0 Å². The van der Waals surface area contributed by atoms with Gasteiger partial charge in [-0.2, -0.15) is 0 Å². The van der Waals surface area contributed by atoms with Crippen LogP contribution in [0.15, 0.2) is 24.5 Å². The van der Waals surface area contributed by atoms with Gasteiger partial charge in [0.25, 0.3) is 0 Å². The maximum absolute atomic E-state index is 2.34. The van der Waals surface area contributed by atoms with Gasteiger partial charge in [-0.15, -0.1) is 0 Å². The van der Waals surface area contributed by atoms with Crippen LogP contribution in [0.4, 0.5) is 0 Å². The standard InChI is InChI=1S/C20H36N.FH/c1-3-5-7-8-9-10-11-12-13-17-21-18-15-20(16-19-21)14-6-4-2;/h15-16,18-19H,3-14,17H2,1-2H3;1H/q+1;/p-1. The first-order valence-electron chi connectivity index (χ1n) is 9.34. The highest BCUT2D eigenvalue weighted by atomic mass is 19.0. The predicted molar refractivity (Wildman–Crippen MR) is 92.5 cm³/mol. The SMILES string of the molecule is CCCCCCCCCCC[n+]1ccc(CCCC)cc1.[F-]. The van der Waals surface area contributed by atoms with Crippen molar-refractivity contribution in [1.29, 1.82) is 0 Å². The number of hydrogen-bond donors (Lipinski definition) is 0. The van der Waals surface area contributed by atoms with Crippen molar-refractivity contribution < 1.29 is 9.27 Å². The van der Waals surface area contributed by atoms with E-state index in [1.54, 1.807) is 0 Å². The number of rotatable bonds is 13. The third kappa shape index (κ3) is 10.8. The van der Waals surface area contributed by atoms with Crippen LogP contribution in [-0.2, 0) is 13.0 Å². The lowest BCUT2D eigenvalue weighted by Crippen LogP contribution is -3.00. The molecular weight excluding hydrogens is 273 g/mol. The van der Waals surface area contributed by atoms with Gasteiger partial charge in [0.15, 0.2) is 12.4 Å². The van der Waals surface area contributed by atoms with Crippen LogP contribution in [-0.4, -0.2) is 0 Å². The molecule has 0 saturated carbocycles. The molecule has 0 N–H and O–H groups in total. The Morgan fingerprint density at radius 3 is 1.73 bits per heavy atom. The van der Waals surface area contributed by atoms with E-state index in [1.807, 2.05) is 0 Å². The van der Waals surface area contributed by atoms with Crippen LogP contribution in [0, 0.1) is 0 Å². The van der Waals surface area contributed by atoms with Crippen molar-refractivity contribution in [3.8, 4) is 0 Å². The van der Waals surface area contributed by atoms with Crippen LogP contribution in [0.3, 0.4) is 0 Å². The van der Waals surface area contributed by atoms with Crippen molar-refractivity contribution in [2.75, 3.05) is 0 Å². The topological polar surface area (TPSA) is 3.88 Å². The molecule has 1 aromatic rings. The van der Waals surface area contributed by atoms with Crippen LogP contribution in [0.1, 0.15) is 90.0 Å². The minimum absolute atomic E-state index is 0. The molecule has 0 bridgehead atoms. The Balaban J connectivity index is 0.00000441. The van der Waals surface area contributed by atoms with Crippen LogP contribution >= 0.6 is 0 Å². The molecule has 0 aromatic carbocycles. The zero-order valence-corrected chi connectivity index (χ0v) is 14.8. The Hall–Kier alpha value is -0.920. The second-order valence-electron chi connectivity index (χ2n) is 6.38. The van der Waals surface area contributed by atoms with Crippen molar-refractivity contribution in [3.05, 3.63) is 30.1 Å². The van der Waals surface area contributed by atoms with Crippen molar-refractivity contribution in [3.63, 3.8) is 0 Å². The van der Waals surface area contributed by atoms with Crippen molar-refractivity contribution >= 4 is 0 Å². The van der Waals surface area contributed by atoms with Crippen LogP contribution < -0.4 is 9.27 Å². The fourth-order valence-corrected chi connectivity index (χ4v) is 2.79. The molecule has 2 heteroatoms. The van der Waals surface area contributed by atoms with E-state index < -0.39 is 0 Å². The molecule has 0 unspecified atom stereocenters. The molecule has 0 aliphatic carbocycles. The fourth-order valence-electron chi connectivity index (χ4n) is 2.79. The molecule has 0 atom stereocenters. The summed E-state index contributed by atoms with van der Waals surface area (Å²) in [4.78, 5) is 0. The minimum Gasteiger partial charge on any atom is -1.00 e. The number of aryl methyl sites for hydroxylation is 2. The van der Waals surface area contributed by atoms with E-state index in [4.69, 9.17) is 0 Å². The third-order valence-electron chi connectivity index (χ3n) is 4.30. The Bertz CT molecular complexity index is 334. The van der Waals surface area contributed by atoms with Gasteiger partial charge in [-0.05, 0) is 24.8 Å². The van der Waals surface area contributed by atoms with Gasteiger partial charge in [-0.25, -0.2) is 4.57 Å². The number of aromatic nitrogens is 1. The first-order chi connectivity index (χ1) is 10.4. The maximum Gasteiger partial charge on any atom is 0.169 e. The molecule has 22 heavy (non-hydrogen) atoms. The zero-order valence-electron chi connectivity index (χ0n) is 14.8. The Morgan fingerprint density at radius 2 is 1.18 bits per heavy atom. The van der Waals surface area contributed by atoms with Gasteiger partial charge in [0.2, 0.25) is 0 Å². The summed E-state index contributed by atoms with van der Waals surface area (Å²) in [6, 6.07) is 4.59.